The number of para-hydroxylation sites is 1. The number of halogens is 1. The molecule has 1 fully saturated rings. The summed E-state index contributed by atoms with van der Waals surface area (Å²) in [5.74, 6) is -2.24. The Kier molecular flexibility index (Phi) is 4.24. The average molecular weight is 403 g/mol. The van der Waals surface area contributed by atoms with Gasteiger partial charge in [0.15, 0.2) is 0 Å². The molecule has 0 saturated carbocycles. The lowest BCUT2D eigenvalue weighted by Crippen LogP contribution is -2.56. The quantitative estimate of drug-likeness (QED) is 0.796. The molecule has 2 heterocycles. The number of nitrogens with one attached hydrogen (secondary N) is 2. The van der Waals surface area contributed by atoms with Crippen molar-refractivity contribution in [1.82, 2.24) is 9.62 Å². The number of fused-ring (bicyclic) bond motifs is 2. The van der Waals surface area contributed by atoms with Crippen molar-refractivity contribution in [2.45, 2.75) is 17.4 Å². The monoisotopic (exact) mass is 403 g/mol. The Bertz CT molecular complexity index is 1090. The lowest BCUT2D eigenvalue weighted by atomic mass is 9.86. The Hall–Kier alpha value is -2.78. The number of hydrogen-bond acceptors (Lipinski definition) is 4. The Balaban J connectivity index is 1.71. The van der Waals surface area contributed by atoms with Gasteiger partial charge in [0.25, 0.3) is 5.91 Å². The topological polar surface area (TPSA) is 95.6 Å². The van der Waals surface area contributed by atoms with Crippen molar-refractivity contribution in [3.8, 4) is 0 Å². The third-order valence-electron chi connectivity index (χ3n) is 5.24. The fraction of sp³-hybridized carbons (Fsp3) is 0.263. The molecule has 28 heavy (non-hydrogen) atoms. The fourth-order valence-electron chi connectivity index (χ4n) is 3.74. The van der Waals surface area contributed by atoms with E-state index in [9.17, 15) is 22.4 Å². The minimum atomic E-state index is -4.03. The Morgan fingerprint density at radius 1 is 1.14 bits per heavy atom. The highest BCUT2D eigenvalue weighted by Gasteiger charge is 2.52. The molecular weight excluding hydrogens is 385 g/mol. The number of carbonyl (C=O) groups is 2. The van der Waals surface area contributed by atoms with Crippen molar-refractivity contribution in [3.63, 3.8) is 0 Å². The number of anilines is 1. The fourth-order valence-corrected chi connectivity index (χ4v) is 5.34. The highest BCUT2D eigenvalue weighted by atomic mass is 32.2. The van der Waals surface area contributed by atoms with Gasteiger partial charge in [-0.1, -0.05) is 18.2 Å². The molecule has 0 spiro atoms. The molecule has 2 aromatic rings. The van der Waals surface area contributed by atoms with Crippen LogP contribution >= 0.6 is 0 Å². The van der Waals surface area contributed by atoms with Crippen LogP contribution in [0.2, 0.25) is 0 Å². The molecular formula is C19H18FN3O4S. The van der Waals surface area contributed by atoms with Crippen LogP contribution in [0, 0.1) is 11.7 Å². The van der Waals surface area contributed by atoms with E-state index >= 15 is 0 Å². The molecule has 0 radical (unpaired) electrons. The van der Waals surface area contributed by atoms with Crippen LogP contribution in [-0.4, -0.2) is 43.2 Å². The average Bonchev–Trinajstić information content (AvgIpc) is 2.99. The zero-order chi connectivity index (χ0) is 20.1. The molecule has 2 amide bonds. The predicted molar refractivity (Wildman–Crippen MR) is 99.6 cm³/mol. The van der Waals surface area contributed by atoms with Crippen molar-refractivity contribution in [2.75, 3.05) is 18.4 Å². The summed E-state index contributed by atoms with van der Waals surface area (Å²) in [6.45, 7) is 1.42. The van der Waals surface area contributed by atoms with Crippen LogP contribution in [0.5, 0.6) is 0 Å². The first-order valence-corrected chi connectivity index (χ1v) is 10.1. The van der Waals surface area contributed by atoms with Crippen LogP contribution in [0.15, 0.2) is 53.4 Å². The van der Waals surface area contributed by atoms with Crippen LogP contribution in [0.1, 0.15) is 17.3 Å². The summed E-state index contributed by atoms with van der Waals surface area (Å²) in [6, 6.07) is 11.3. The Morgan fingerprint density at radius 3 is 2.64 bits per heavy atom. The van der Waals surface area contributed by atoms with E-state index in [-0.39, 0.29) is 23.9 Å². The molecule has 2 N–H and O–H groups in total. The normalized spacial score (nSPS) is 25.1. The molecule has 2 aliphatic rings. The molecule has 2 atom stereocenters. The first kappa shape index (κ1) is 18.6. The van der Waals surface area contributed by atoms with Crippen molar-refractivity contribution in [1.29, 1.82) is 0 Å². The van der Waals surface area contributed by atoms with Crippen LogP contribution in [0.3, 0.4) is 0 Å². The number of benzene rings is 2. The molecule has 0 aromatic heterocycles. The maximum absolute atomic E-state index is 13.5. The van der Waals surface area contributed by atoms with E-state index in [1.807, 2.05) is 0 Å². The van der Waals surface area contributed by atoms with E-state index in [1.54, 1.807) is 31.2 Å². The molecule has 2 aromatic carbocycles. The minimum absolute atomic E-state index is 0.0994. The highest BCUT2D eigenvalue weighted by Crippen LogP contribution is 2.35. The molecule has 0 aliphatic carbocycles. The van der Waals surface area contributed by atoms with Crippen molar-refractivity contribution < 1.29 is 22.4 Å². The van der Waals surface area contributed by atoms with Gasteiger partial charge in [0.2, 0.25) is 15.9 Å². The standard InChI is InChI=1S/C19H18FN3O4S/c1-19-11-23(28(26,27)13-6-4-5-12(20)9-13)10-15(19)18(25)21-16-8-3-2-7-14(16)17(24)22-19/h2-9,15H,10-11H2,1H3,(H,21,25)(H,22,24)/t15-,19-/m0/s1. The summed E-state index contributed by atoms with van der Waals surface area (Å²) in [7, 11) is -4.03. The Labute approximate surface area is 161 Å². The Morgan fingerprint density at radius 2 is 1.89 bits per heavy atom. The van der Waals surface area contributed by atoms with Gasteiger partial charge in [0.1, 0.15) is 5.82 Å². The smallest absolute Gasteiger partial charge is 0.253 e. The van der Waals surface area contributed by atoms with E-state index in [0.29, 0.717) is 11.3 Å². The lowest BCUT2D eigenvalue weighted by Gasteiger charge is -2.33. The van der Waals surface area contributed by atoms with E-state index in [4.69, 9.17) is 0 Å². The van der Waals surface area contributed by atoms with Gasteiger partial charge in [-0.25, -0.2) is 12.8 Å². The van der Waals surface area contributed by atoms with Crippen molar-refractivity contribution in [3.05, 3.63) is 59.9 Å². The summed E-state index contributed by atoms with van der Waals surface area (Å²) >= 11 is 0. The van der Waals surface area contributed by atoms with Gasteiger partial charge in [-0.2, -0.15) is 4.31 Å². The zero-order valence-electron chi connectivity index (χ0n) is 15.0. The number of rotatable bonds is 2. The second-order valence-electron chi connectivity index (χ2n) is 7.21. The number of hydrogen-bond donors (Lipinski definition) is 2. The second-order valence-corrected chi connectivity index (χ2v) is 9.15. The van der Waals surface area contributed by atoms with Crippen molar-refractivity contribution in [2.24, 2.45) is 5.92 Å². The van der Waals surface area contributed by atoms with Crippen LogP contribution in [0.25, 0.3) is 0 Å². The predicted octanol–water partition coefficient (Wildman–Crippen LogP) is 1.59. The van der Waals surface area contributed by atoms with Gasteiger partial charge in [0, 0.05) is 13.1 Å². The van der Waals surface area contributed by atoms with Crippen LogP contribution in [0.4, 0.5) is 10.1 Å². The third-order valence-corrected chi connectivity index (χ3v) is 7.05. The largest absolute Gasteiger partial charge is 0.345 e. The molecule has 2 aliphatic heterocycles. The summed E-state index contributed by atoms with van der Waals surface area (Å²) in [5.41, 5.74) is -0.421. The molecule has 0 bridgehead atoms. The van der Waals surface area contributed by atoms with E-state index in [1.165, 1.54) is 12.1 Å². The van der Waals surface area contributed by atoms with Gasteiger partial charge in [-0.15, -0.1) is 0 Å². The zero-order valence-corrected chi connectivity index (χ0v) is 15.8. The van der Waals surface area contributed by atoms with Gasteiger partial charge in [-0.05, 0) is 37.3 Å². The summed E-state index contributed by atoms with van der Waals surface area (Å²) in [4.78, 5) is 25.4. The minimum Gasteiger partial charge on any atom is -0.345 e. The van der Waals surface area contributed by atoms with Gasteiger partial charge in [-0.3, -0.25) is 9.59 Å². The van der Waals surface area contributed by atoms with Crippen LogP contribution in [-0.2, 0) is 14.8 Å². The van der Waals surface area contributed by atoms with Crippen LogP contribution < -0.4 is 10.6 Å². The van der Waals surface area contributed by atoms with E-state index in [2.05, 4.69) is 10.6 Å². The first-order chi connectivity index (χ1) is 13.2. The maximum Gasteiger partial charge on any atom is 0.253 e. The van der Waals surface area contributed by atoms with Crippen molar-refractivity contribution >= 4 is 27.5 Å². The first-order valence-electron chi connectivity index (χ1n) is 8.69. The highest BCUT2D eigenvalue weighted by molar-refractivity contribution is 7.89. The van der Waals surface area contributed by atoms with E-state index in [0.717, 1.165) is 16.4 Å². The molecule has 1 saturated heterocycles. The third kappa shape index (κ3) is 2.96. The molecule has 4 rings (SSSR count). The van der Waals surface area contributed by atoms with Gasteiger partial charge in [0.05, 0.1) is 27.6 Å². The molecule has 7 nitrogen and oxygen atoms in total. The lowest BCUT2D eigenvalue weighted by molar-refractivity contribution is -0.120. The van der Waals surface area contributed by atoms with Gasteiger partial charge >= 0.3 is 0 Å². The molecule has 9 heteroatoms. The molecule has 146 valence electrons. The summed E-state index contributed by atoms with van der Waals surface area (Å²) < 4.78 is 40.6. The maximum atomic E-state index is 13.5. The molecule has 0 unspecified atom stereocenters. The second kappa shape index (κ2) is 6.39. The number of nitrogens with zero attached hydrogens (tertiary/aromatic N) is 1. The number of sulfonamides is 1. The summed E-state index contributed by atoms with van der Waals surface area (Å²) in [6.07, 6.45) is 0. The van der Waals surface area contributed by atoms with Gasteiger partial charge < -0.3 is 10.6 Å². The van der Waals surface area contributed by atoms with E-state index < -0.39 is 33.2 Å². The number of amides is 2. The SMILES string of the molecule is C[C@]12CN(S(=O)(=O)c3cccc(F)c3)C[C@H]1C(=O)Nc1ccccc1C(=O)N2. The number of carbonyl (C=O) groups excluding carboxylic acids is 2. The summed E-state index contributed by atoms with van der Waals surface area (Å²) in [5, 5.41) is 5.56.